The van der Waals surface area contributed by atoms with Crippen molar-refractivity contribution in [2.45, 2.75) is 24.4 Å². The predicted octanol–water partition coefficient (Wildman–Crippen LogP) is 3.68. The van der Waals surface area contributed by atoms with Crippen molar-refractivity contribution in [2.75, 3.05) is 18.0 Å². The van der Waals surface area contributed by atoms with Gasteiger partial charge < -0.3 is 11.1 Å². The van der Waals surface area contributed by atoms with Gasteiger partial charge in [0, 0.05) is 12.5 Å². The van der Waals surface area contributed by atoms with Gasteiger partial charge in [-0.3, -0.25) is 4.79 Å². The minimum atomic E-state index is -0.0205. The summed E-state index contributed by atoms with van der Waals surface area (Å²) < 4.78 is 0. The molecule has 0 aliphatic rings. The molecule has 7 heteroatoms. The summed E-state index contributed by atoms with van der Waals surface area (Å²) in [6, 6.07) is 12.2. The predicted molar refractivity (Wildman–Crippen MR) is 105 cm³/mol. The van der Waals surface area contributed by atoms with Crippen LogP contribution in [0.15, 0.2) is 46.9 Å². The summed E-state index contributed by atoms with van der Waals surface area (Å²) in [5.74, 6) is 1.04. The van der Waals surface area contributed by atoms with Crippen LogP contribution in [0.1, 0.15) is 24.8 Å². The molecular weight excluding hydrogens is 352 g/mol. The summed E-state index contributed by atoms with van der Waals surface area (Å²) in [7, 11) is 0. The summed E-state index contributed by atoms with van der Waals surface area (Å²) in [5, 5.41) is 6.35. The molecule has 3 aromatic rings. The van der Waals surface area contributed by atoms with Gasteiger partial charge in [0.25, 0.3) is 0 Å². The summed E-state index contributed by atoms with van der Waals surface area (Å²) in [6.45, 7) is 2.76. The fourth-order valence-electron chi connectivity index (χ4n) is 2.56. The lowest BCUT2D eigenvalue weighted by Crippen LogP contribution is -2.29. The van der Waals surface area contributed by atoms with E-state index in [0.29, 0.717) is 23.4 Å². The topological polar surface area (TPSA) is 80.9 Å². The van der Waals surface area contributed by atoms with Crippen LogP contribution in [0, 0.1) is 0 Å². The fourth-order valence-corrected chi connectivity index (χ4v) is 4.07. The normalized spacial score (nSPS) is 12.2. The summed E-state index contributed by atoms with van der Waals surface area (Å²) in [5.41, 5.74) is 7.18. The van der Waals surface area contributed by atoms with Crippen LogP contribution in [0.5, 0.6) is 0 Å². The van der Waals surface area contributed by atoms with E-state index in [2.05, 4.69) is 34.3 Å². The number of amides is 1. The summed E-state index contributed by atoms with van der Waals surface area (Å²) in [4.78, 5) is 21.7. The first-order chi connectivity index (χ1) is 12.2. The van der Waals surface area contributed by atoms with Gasteiger partial charge in [-0.2, -0.15) is 0 Å². The maximum atomic E-state index is 12.2. The van der Waals surface area contributed by atoms with Crippen LogP contribution in [0.25, 0.3) is 10.2 Å². The molecule has 1 unspecified atom stereocenters. The Morgan fingerprint density at radius 3 is 2.84 bits per heavy atom. The molecule has 0 saturated carbocycles. The number of thioether (sulfide) groups is 1. The van der Waals surface area contributed by atoms with E-state index in [4.69, 9.17) is 5.73 Å². The third-order valence-electron chi connectivity index (χ3n) is 3.98. The SMILES string of the molecule is CCC(CNC(=O)CSc1nc(N)c2ccsc2n1)c1ccccc1. The van der Waals surface area contributed by atoms with Gasteiger partial charge in [-0.25, -0.2) is 9.97 Å². The minimum absolute atomic E-state index is 0.0205. The van der Waals surface area contributed by atoms with E-state index >= 15 is 0 Å². The molecule has 0 spiro atoms. The van der Waals surface area contributed by atoms with Gasteiger partial charge in [0.05, 0.1) is 11.1 Å². The molecule has 2 aromatic heterocycles. The minimum Gasteiger partial charge on any atom is -0.383 e. The smallest absolute Gasteiger partial charge is 0.230 e. The number of aromatic nitrogens is 2. The molecule has 0 saturated heterocycles. The Balaban J connectivity index is 1.53. The molecule has 0 aliphatic carbocycles. The largest absolute Gasteiger partial charge is 0.383 e. The van der Waals surface area contributed by atoms with Crippen LogP contribution in [-0.4, -0.2) is 28.2 Å². The molecule has 25 heavy (non-hydrogen) atoms. The van der Waals surface area contributed by atoms with Crippen LogP contribution >= 0.6 is 23.1 Å². The molecule has 1 amide bonds. The quantitative estimate of drug-likeness (QED) is 0.488. The maximum absolute atomic E-state index is 12.2. The maximum Gasteiger partial charge on any atom is 0.230 e. The molecule has 0 aliphatic heterocycles. The highest BCUT2D eigenvalue weighted by atomic mass is 32.2. The van der Waals surface area contributed by atoms with Crippen LogP contribution < -0.4 is 11.1 Å². The van der Waals surface area contributed by atoms with Crippen molar-refractivity contribution < 1.29 is 4.79 Å². The average Bonchev–Trinajstić information content (AvgIpc) is 3.10. The number of nitrogens with one attached hydrogen (secondary N) is 1. The van der Waals surface area contributed by atoms with Gasteiger partial charge >= 0.3 is 0 Å². The molecule has 5 nitrogen and oxygen atoms in total. The highest BCUT2D eigenvalue weighted by Crippen LogP contribution is 2.26. The summed E-state index contributed by atoms with van der Waals surface area (Å²) >= 11 is 2.83. The lowest BCUT2D eigenvalue weighted by Gasteiger charge is -2.16. The van der Waals surface area contributed by atoms with Gasteiger partial charge in [0.1, 0.15) is 10.6 Å². The Hall–Kier alpha value is -2.12. The van der Waals surface area contributed by atoms with E-state index in [1.165, 1.54) is 28.7 Å². The molecule has 1 aromatic carbocycles. The van der Waals surface area contributed by atoms with Crippen LogP contribution in [0.4, 0.5) is 5.82 Å². The number of nitrogens with two attached hydrogens (primary N) is 1. The lowest BCUT2D eigenvalue weighted by atomic mass is 9.96. The van der Waals surface area contributed by atoms with Gasteiger partial charge in [0.2, 0.25) is 5.91 Å². The first-order valence-corrected chi connectivity index (χ1v) is 9.99. The highest BCUT2D eigenvalue weighted by Gasteiger charge is 2.12. The van der Waals surface area contributed by atoms with Crippen LogP contribution in [-0.2, 0) is 4.79 Å². The second kappa shape index (κ2) is 8.31. The third kappa shape index (κ3) is 4.49. The molecule has 0 bridgehead atoms. The second-order valence-electron chi connectivity index (χ2n) is 5.64. The van der Waals surface area contributed by atoms with Gasteiger partial charge in [-0.05, 0) is 23.4 Å². The fraction of sp³-hybridized carbons (Fsp3) is 0.278. The number of carbonyl (C=O) groups excluding carboxylic acids is 1. The zero-order chi connectivity index (χ0) is 17.6. The number of hydrogen-bond donors (Lipinski definition) is 2. The van der Waals surface area contributed by atoms with Crippen molar-refractivity contribution in [2.24, 2.45) is 0 Å². The Labute approximate surface area is 155 Å². The first-order valence-electron chi connectivity index (χ1n) is 8.12. The number of fused-ring (bicyclic) bond motifs is 1. The van der Waals surface area contributed by atoms with Crippen molar-refractivity contribution in [1.82, 2.24) is 15.3 Å². The zero-order valence-corrected chi connectivity index (χ0v) is 15.6. The lowest BCUT2D eigenvalue weighted by molar-refractivity contribution is -0.118. The molecule has 2 heterocycles. The molecule has 0 radical (unpaired) electrons. The molecule has 1 atom stereocenters. The number of benzene rings is 1. The Morgan fingerprint density at radius 2 is 2.08 bits per heavy atom. The first kappa shape index (κ1) is 17.7. The van der Waals surface area contributed by atoms with Crippen LogP contribution in [0.3, 0.4) is 0 Å². The monoisotopic (exact) mass is 372 g/mol. The molecular formula is C18H20N4OS2. The number of nitrogens with zero attached hydrogens (tertiary/aromatic N) is 2. The van der Waals surface area contributed by atoms with Gasteiger partial charge in [0.15, 0.2) is 5.16 Å². The van der Waals surface area contributed by atoms with E-state index in [9.17, 15) is 4.79 Å². The zero-order valence-electron chi connectivity index (χ0n) is 13.9. The summed E-state index contributed by atoms with van der Waals surface area (Å²) in [6.07, 6.45) is 0.978. The van der Waals surface area contributed by atoms with Gasteiger partial charge in [-0.15, -0.1) is 11.3 Å². The number of hydrogen-bond acceptors (Lipinski definition) is 6. The number of thiophene rings is 1. The van der Waals surface area contributed by atoms with E-state index in [1.807, 2.05) is 29.6 Å². The Bertz CT molecular complexity index is 851. The number of carbonyl (C=O) groups is 1. The molecule has 3 rings (SSSR count). The van der Waals surface area contributed by atoms with Crippen molar-refractivity contribution in [3.8, 4) is 0 Å². The van der Waals surface area contributed by atoms with Crippen LogP contribution in [0.2, 0.25) is 0 Å². The standard InChI is InChI=1S/C18H20N4OS2/c1-2-12(13-6-4-3-5-7-13)10-20-15(23)11-25-18-21-16(19)14-8-9-24-17(14)22-18/h3-9,12H,2,10-11H2,1H3,(H,20,23)(H2,19,21,22). The number of rotatable bonds is 7. The number of anilines is 1. The van der Waals surface area contributed by atoms with Crippen molar-refractivity contribution in [3.05, 3.63) is 47.3 Å². The van der Waals surface area contributed by atoms with Crippen molar-refractivity contribution in [1.29, 1.82) is 0 Å². The second-order valence-corrected chi connectivity index (χ2v) is 7.48. The third-order valence-corrected chi connectivity index (χ3v) is 5.63. The molecule has 0 fully saturated rings. The van der Waals surface area contributed by atoms with Crippen molar-refractivity contribution in [3.63, 3.8) is 0 Å². The average molecular weight is 373 g/mol. The van der Waals surface area contributed by atoms with E-state index in [1.54, 1.807) is 0 Å². The molecule has 3 N–H and O–H groups in total. The van der Waals surface area contributed by atoms with Crippen molar-refractivity contribution >= 4 is 45.0 Å². The van der Waals surface area contributed by atoms with Gasteiger partial charge in [-0.1, -0.05) is 49.0 Å². The van der Waals surface area contributed by atoms with E-state index in [-0.39, 0.29) is 11.7 Å². The van der Waals surface area contributed by atoms with E-state index < -0.39 is 0 Å². The van der Waals surface area contributed by atoms with E-state index in [0.717, 1.165) is 16.6 Å². The Morgan fingerprint density at radius 1 is 1.28 bits per heavy atom. The highest BCUT2D eigenvalue weighted by molar-refractivity contribution is 7.99. The Kier molecular flexibility index (Phi) is 5.88. The molecule has 130 valence electrons. The number of nitrogen functional groups attached to an aromatic ring is 1.